The zero-order valence-electron chi connectivity index (χ0n) is 16.3. The van der Waals surface area contributed by atoms with Crippen molar-refractivity contribution in [1.82, 2.24) is 9.78 Å². The molecule has 0 spiro atoms. The minimum absolute atomic E-state index is 0.0808. The number of hydrogen-bond acceptors (Lipinski definition) is 4. The first-order valence-electron chi connectivity index (χ1n) is 9.32. The number of anilines is 2. The minimum atomic E-state index is -0.834. The van der Waals surface area contributed by atoms with Crippen LogP contribution in [0.4, 0.5) is 11.4 Å². The number of nitrogens with one attached hydrogen (secondary N) is 2. The smallest absolute Gasteiger partial charge is 0.291 e. The fraction of sp³-hybridized carbons (Fsp3) is 0.182. The van der Waals surface area contributed by atoms with E-state index in [4.69, 9.17) is 0 Å². The summed E-state index contributed by atoms with van der Waals surface area (Å²) in [5.74, 6) is -0.729. The minimum Gasteiger partial charge on any atom is -0.324 e. The molecule has 1 aromatic heterocycles. The van der Waals surface area contributed by atoms with Crippen molar-refractivity contribution >= 4 is 23.2 Å². The highest BCUT2D eigenvalue weighted by Gasteiger charge is 2.23. The van der Waals surface area contributed by atoms with Crippen LogP contribution in [-0.4, -0.2) is 21.6 Å². The van der Waals surface area contributed by atoms with Gasteiger partial charge in [-0.15, -0.1) is 0 Å². The second-order valence-electron chi connectivity index (χ2n) is 6.52. The van der Waals surface area contributed by atoms with Crippen molar-refractivity contribution in [2.24, 2.45) is 0 Å². The van der Waals surface area contributed by atoms with Gasteiger partial charge >= 0.3 is 0 Å². The number of amides is 2. The predicted octanol–water partition coefficient (Wildman–Crippen LogP) is 3.46. The fourth-order valence-corrected chi connectivity index (χ4v) is 2.97. The highest BCUT2D eigenvalue weighted by Crippen LogP contribution is 2.20. The summed E-state index contributed by atoms with van der Waals surface area (Å²) in [6, 6.07) is 19.0. The molecule has 29 heavy (non-hydrogen) atoms. The van der Waals surface area contributed by atoms with Gasteiger partial charge in [0, 0.05) is 18.2 Å². The molecule has 3 aromatic rings. The maximum absolute atomic E-state index is 13.0. The quantitative estimate of drug-likeness (QED) is 0.674. The second kappa shape index (κ2) is 8.97. The van der Waals surface area contributed by atoms with Crippen molar-refractivity contribution < 1.29 is 9.59 Å². The lowest BCUT2D eigenvalue weighted by molar-refractivity contribution is -0.119. The molecule has 0 aliphatic carbocycles. The van der Waals surface area contributed by atoms with Crippen LogP contribution in [-0.2, 0) is 9.59 Å². The van der Waals surface area contributed by atoms with E-state index < -0.39 is 11.6 Å². The largest absolute Gasteiger partial charge is 0.324 e. The summed E-state index contributed by atoms with van der Waals surface area (Å²) in [5.41, 5.74) is 1.43. The SMILES string of the molecule is CC[C@H](C(=O)Nc1ccccc1)n1nc(-c2ccccc2)cc(NC(C)=O)c1=O. The number of carbonyl (C=O) groups excluding carboxylic acids is 2. The number of carbonyl (C=O) groups is 2. The Balaban J connectivity index is 2.06. The lowest BCUT2D eigenvalue weighted by Gasteiger charge is -2.19. The van der Waals surface area contributed by atoms with Gasteiger partial charge in [0.2, 0.25) is 11.8 Å². The van der Waals surface area contributed by atoms with E-state index in [0.29, 0.717) is 17.8 Å². The maximum atomic E-state index is 13.0. The number of rotatable bonds is 6. The number of hydrogen-bond donors (Lipinski definition) is 2. The summed E-state index contributed by atoms with van der Waals surface area (Å²) in [6.45, 7) is 3.13. The molecule has 0 aliphatic heterocycles. The number of nitrogens with zero attached hydrogens (tertiary/aromatic N) is 2. The van der Waals surface area contributed by atoms with Gasteiger partial charge in [-0.25, -0.2) is 4.68 Å². The Morgan fingerprint density at radius 1 is 1.00 bits per heavy atom. The average molecular weight is 390 g/mol. The van der Waals surface area contributed by atoms with Gasteiger partial charge in [0.25, 0.3) is 5.56 Å². The second-order valence-corrected chi connectivity index (χ2v) is 6.52. The average Bonchev–Trinajstić information content (AvgIpc) is 2.72. The van der Waals surface area contributed by atoms with Gasteiger partial charge in [-0.2, -0.15) is 5.10 Å². The molecule has 2 aromatic carbocycles. The number of benzene rings is 2. The fourth-order valence-electron chi connectivity index (χ4n) is 2.97. The maximum Gasteiger partial charge on any atom is 0.291 e. The monoisotopic (exact) mass is 390 g/mol. The standard InChI is InChI=1S/C22H22N4O3/c1-3-20(21(28)24-17-12-8-5-9-13-17)26-22(29)19(23-15(2)27)14-18(25-26)16-10-6-4-7-11-16/h4-14,20H,3H2,1-2H3,(H,23,27)(H,24,28)/t20-/m1/s1. The van der Waals surface area contributed by atoms with E-state index in [1.807, 2.05) is 48.5 Å². The molecule has 0 radical (unpaired) electrons. The summed E-state index contributed by atoms with van der Waals surface area (Å²) in [5, 5.41) is 9.80. The molecule has 1 heterocycles. The van der Waals surface area contributed by atoms with Crippen LogP contribution >= 0.6 is 0 Å². The lowest BCUT2D eigenvalue weighted by Crippen LogP contribution is -2.36. The van der Waals surface area contributed by atoms with Gasteiger partial charge in [0.15, 0.2) is 0 Å². The molecule has 3 rings (SSSR count). The van der Waals surface area contributed by atoms with Crippen LogP contribution < -0.4 is 16.2 Å². The summed E-state index contributed by atoms with van der Waals surface area (Å²) < 4.78 is 1.14. The molecule has 1 atom stereocenters. The van der Waals surface area contributed by atoms with Crippen LogP contribution in [0.3, 0.4) is 0 Å². The van der Waals surface area contributed by atoms with Crippen LogP contribution in [0.5, 0.6) is 0 Å². The Labute approximate surface area is 168 Å². The number of para-hydroxylation sites is 1. The molecular formula is C22H22N4O3. The van der Waals surface area contributed by atoms with E-state index in [1.54, 1.807) is 19.1 Å². The molecule has 0 bridgehead atoms. The first-order valence-corrected chi connectivity index (χ1v) is 9.32. The highest BCUT2D eigenvalue weighted by molar-refractivity contribution is 5.94. The van der Waals surface area contributed by atoms with E-state index in [9.17, 15) is 14.4 Å². The Morgan fingerprint density at radius 2 is 1.62 bits per heavy atom. The van der Waals surface area contributed by atoms with Crippen molar-refractivity contribution in [3.05, 3.63) is 77.1 Å². The summed E-state index contributed by atoms with van der Waals surface area (Å²) in [4.78, 5) is 37.4. The van der Waals surface area contributed by atoms with Crippen molar-refractivity contribution in [3.63, 3.8) is 0 Å². The van der Waals surface area contributed by atoms with E-state index in [2.05, 4.69) is 15.7 Å². The molecule has 0 saturated heterocycles. The van der Waals surface area contributed by atoms with Gasteiger partial charge in [-0.05, 0) is 24.6 Å². The predicted molar refractivity (Wildman–Crippen MR) is 113 cm³/mol. The van der Waals surface area contributed by atoms with E-state index in [-0.39, 0.29) is 17.5 Å². The Morgan fingerprint density at radius 3 is 2.21 bits per heavy atom. The van der Waals surface area contributed by atoms with Gasteiger partial charge in [0.1, 0.15) is 11.7 Å². The zero-order valence-corrected chi connectivity index (χ0v) is 16.3. The third-order valence-electron chi connectivity index (χ3n) is 4.34. The van der Waals surface area contributed by atoms with Crippen molar-refractivity contribution in [2.75, 3.05) is 10.6 Å². The molecule has 148 valence electrons. The summed E-state index contributed by atoms with van der Waals surface area (Å²) in [6.07, 6.45) is 0.351. The van der Waals surface area contributed by atoms with E-state index in [1.165, 1.54) is 13.0 Å². The zero-order chi connectivity index (χ0) is 20.8. The lowest BCUT2D eigenvalue weighted by atomic mass is 10.1. The normalized spacial score (nSPS) is 11.5. The number of aromatic nitrogens is 2. The Hall–Kier alpha value is -3.74. The van der Waals surface area contributed by atoms with E-state index in [0.717, 1.165) is 10.2 Å². The molecule has 7 nitrogen and oxygen atoms in total. The third kappa shape index (κ3) is 4.76. The highest BCUT2D eigenvalue weighted by atomic mass is 16.2. The van der Waals surface area contributed by atoms with Crippen LogP contribution in [0, 0.1) is 0 Å². The third-order valence-corrected chi connectivity index (χ3v) is 4.34. The van der Waals surface area contributed by atoms with E-state index >= 15 is 0 Å². The van der Waals surface area contributed by atoms with Gasteiger partial charge < -0.3 is 10.6 Å². The van der Waals surface area contributed by atoms with Crippen LogP contribution in [0.2, 0.25) is 0 Å². The first kappa shape index (κ1) is 20.0. The summed E-state index contributed by atoms with van der Waals surface area (Å²) in [7, 11) is 0. The molecule has 0 fully saturated rings. The van der Waals surface area contributed by atoms with Crippen molar-refractivity contribution in [1.29, 1.82) is 0 Å². The Bertz CT molecular complexity index is 1060. The molecule has 0 aliphatic rings. The first-order chi connectivity index (χ1) is 14.0. The van der Waals surface area contributed by atoms with Gasteiger partial charge in [-0.1, -0.05) is 55.5 Å². The van der Waals surface area contributed by atoms with Crippen LogP contribution in [0.25, 0.3) is 11.3 Å². The van der Waals surface area contributed by atoms with Crippen molar-refractivity contribution in [2.45, 2.75) is 26.3 Å². The molecule has 0 unspecified atom stereocenters. The molecule has 2 N–H and O–H groups in total. The molecular weight excluding hydrogens is 368 g/mol. The molecule has 2 amide bonds. The molecule has 0 saturated carbocycles. The van der Waals surface area contributed by atoms with Gasteiger partial charge in [-0.3, -0.25) is 14.4 Å². The van der Waals surface area contributed by atoms with Crippen molar-refractivity contribution in [3.8, 4) is 11.3 Å². The molecule has 7 heteroatoms. The summed E-state index contributed by atoms with van der Waals surface area (Å²) >= 11 is 0. The van der Waals surface area contributed by atoms with Crippen LogP contribution in [0.1, 0.15) is 26.3 Å². The Kier molecular flexibility index (Phi) is 6.19. The van der Waals surface area contributed by atoms with Gasteiger partial charge in [0.05, 0.1) is 5.69 Å². The topological polar surface area (TPSA) is 93.1 Å². The van der Waals surface area contributed by atoms with Crippen LogP contribution in [0.15, 0.2) is 71.5 Å².